The highest BCUT2D eigenvalue weighted by atomic mass is 35.5. The number of nitrogens with zero attached hydrogens (tertiary/aromatic N) is 2. The number of nitrogens with one attached hydrogen (secondary N) is 1. The van der Waals surface area contributed by atoms with E-state index in [0.717, 1.165) is 0 Å². The molecule has 0 radical (unpaired) electrons. The van der Waals surface area contributed by atoms with Crippen LogP contribution in [0.3, 0.4) is 0 Å². The zero-order valence-electron chi connectivity index (χ0n) is 14.1. The fourth-order valence-electron chi connectivity index (χ4n) is 2.43. The van der Waals surface area contributed by atoms with Crippen molar-refractivity contribution in [2.45, 2.75) is 18.7 Å². The van der Waals surface area contributed by atoms with Gasteiger partial charge in [0.2, 0.25) is 10.0 Å². The highest BCUT2D eigenvalue weighted by molar-refractivity contribution is 7.89. The van der Waals surface area contributed by atoms with Crippen molar-refractivity contribution in [2.24, 2.45) is 7.05 Å². The quantitative estimate of drug-likeness (QED) is 0.800. The minimum atomic E-state index is -3.63. The third kappa shape index (κ3) is 4.36. The molecule has 0 aliphatic heterocycles. The Hall–Kier alpha value is -1.54. The summed E-state index contributed by atoms with van der Waals surface area (Å²) in [6.45, 7) is 4.24. The van der Waals surface area contributed by atoms with Gasteiger partial charge in [0.05, 0.1) is 0 Å². The molecule has 6 nitrogen and oxygen atoms in total. The molecule has 0 bridgehead atoms. The van der Waals surface area contributed by atoms with Crippen LogP contribution in [0, 0.1) is 0 Å². The van der Waals surface area contributed by atoms with Gasteiger partial charge >= 0.3 is 0 Å². The number of anilines is 1. The van der Waals surface area contributed by atoms with Gasteiger partial charge in [-0.3, -0.25) is 4.79 Å². The largest absolute Gasteiger partial charge is 0.345 e. The van der Waals surface area contributed by atoms with E-state index in [1.54, 1.807) is 39.1 Å². The maximum Gasteiger partial charge on any atom is 0.272 e. The van der Waals surface area contributed by atoms with E-state index in [4.69, 9.17) is 23.2 Å². The van der Waals surface area contributed by atoms with Gasteiger partial charge in [0, 0.05) is 42.1 Å². The van der Waals surface area contributed by atoms with Crippen molar-refractivity contribution >= 4 is 44.8 Å². The molecule has 9 heteroatoms. The van der Waals surface area contributed by atoms with E-state index in [9.17, 15) is 13.2 Å². The minimum absolute atomic E-state index is 0.0768. The molecule has 0 atom stereocenters. The molecule has 0 saturated heterocycles. The fourth-order valence-corrected chi connectivity index (χ4v) is 4.49. The molecule has 0 spiro atoms. The molecule has 0 saturated carbocycles. The molecule has 2 rings (SSSR count). The Labute approximate surface area is 157 Å². The summed E-state index contributed by atoms with van der Waals surface area (Å²) < 4.78 is 28.0. The van der Waals surface area contributed by atoms with Crippen molar-refractivity contribution in [3.63, 3.8) is 0 Å². The summed E-state index contributed by atoms with van der Waals surface area (Å²) in [5, 5.41) is 3.44. The Morgan fingerprint density at radius 2 is 1.68 bits per heavy atom. The standard InChI is InChI=1S/C16H19Cl2N3O3S/c1-4-21(5-2)25(23,24)14-9-15(20(3)10-14)16(22)19-13-7-11(17)6-12(18)8-13/h6-10H,4-5H2,1-3H3,(H,19,22). The first-order valence-corrected chi connectivity index (χ1v) is 9.82. The van der Waals surface area contributed by atoms with Crippen LogP contribution in [-0.2, 0) is 17.1 Å². The summed E-state index contributed by atoms with van der Waals surface area (Å²) in [7, 11) is -2.02. The highest BCUT2D eigenvalue weighted by Gasteiger charge is 2.25. The molecule has 0 fully saturated rings. The summed E-state index contributed by atoms with van der Waals surface area (Å²) in [5.41, 5.74) is 0.638. The van der Waals surface area contributed by atoms with Crippen LogP contribution in [-0.4, -0.2) is 36.3 Å². The Morgan fingerprint density at radius 1 is 1.12 bits per heavy atom. The number of benzene rings is 1. The number of halogens is 2. The van der Waals surface area contributed by atoms with E-state index >= 15 is 0 Å². The maximum atomic E-state index is 12.6. The third-order valence-electron chi connectivity index (χ3n) is 3.68. The second-order valence-electron chi connectivity index (χ2n) is 5.37. The normalized spacial score (nSPS) is 11.8. The monoisotopic (exact) mass is 403 g/mol. The lowest BCUT2D eigenvalue weighted by molar-refractivity contribution is 0.101. The van der Waals surface area contributed by atoms with E-state index in [2.05, 4.69) is 5.32 Å². The van der Waals surface area contributed by atoms with Crippen LogP contribution in [0.2, 0.25) is 10.0 Å². The molecule has 1 aromatic carbocycles. The average molecular weight is 404 g/mol. The summed E-state index contributed by atoms with van der Waals surface area (Å²) in [4.78, 5) is 12.6. The number of hydrogen-bond acceptors (Lipinski definition) is 3. The number of aromatic nitrogens is 1. The van der Waals surface area contributed by atoms with Crippen LogP contribution in [0.1, 0.15) is 24.3 Å². The van der Waals surface area contributed by atoms with Gasteiger partial charge in [-0.1, -0.05) is 37.0 Å². The van der Waals surface area contributed by atoms with E-state index in [-0.39, 0.29) is 10.6 Å². The average Bonchev–Trinajstić information content (AvgIpc) is 2.90. The number of carbonyl (C=O) groups is 1. The second-order valence-corrected chi connectivity index (χ2v) is 8.18. The number of amides is 1. The Morgan fingerprint density at radius 3 is 2.20 bits per heavy atom. The maximum absolute atomic E-state index is 12.6. The van der Waals surface area contributed by atoms with Crippen molar-refractivity contribution in [1.82, 2.24) is 8.87 Å². The molecule has 25 heavy (non-hydrogen) atoms. The number of sulfonamides is 1. The van der Waals surface area contributed by atoms with Gasteiger partial charge in [0.1, 0.15) is 10.6 Å². The topological polar surface area (TPSA) is 71.4 Å². The molecule has 2 aromatic rings. The van der Waals surface area contributed by atoms with Gasteiger partial charge in [-0.15, -0.1) is 0 Å². The van der Waals surface area contributed by atoms with Crippen molar-refractivity contribution < 1.29 is 13.2 Å². The zero-order chi connectivity index (χ0) is 18.8. The van der Waals surface area contributed by atoms with E-state index in [0.29, 0.717) is 28.8 Å². The molecular formula is C16H19Cl2N3O3S. The van der Waals surface area contributed by atoms with Crippen LogP contribution < -0.4 is 5.32 Å². The molecule has 1 amide bonds. The SMILES string of the molecule is CCN(CC)S(=O)(=O)c1cc(C(=O)Nc2cc(Cl)cc(Cl)c2)n(C)c1. The number of hydrogen-bond donors (Lipinski definition) is 1. The molecule has 1 aromatic heterocycles. The van der Waals surface area contributed by atoms with Crippen LogP contribution >= 0.6 is 23.2 Å². The van der Waals surface area contributed by atoms with Crippen LogP contribution in [0.25, 0.3) is 0 Å². The van der Waals surface area contributed by atoms with Crippen molar-refractivity contribution in [2.75, 3.05) is 18.4 Å². The molecular weight excluding hydrogens is 385 g/mol. The molecule has 0 unspecified atom stereocenters. The molecule has 0 aliphatic rings. The predicted octanol–water partition coefficient (Wildman–Crippen LogP) is 3.61. The first kappa shape index (κ1) is 19.8. The Balaban J connectivity index is 2.32. The highest BCUT2D eigenvalue weighted by Crippen LogP contribution is 2.24. The summed E-state index contributed by atoms with van der Waals surface area (Å²) in [5.74, 6) is -0.457. The summed E-state index contributed by atoms with van der Waals surface area (Å²) in [6.07, 6.45) is 1.42. The first-order valence-electron chi connectivity index (χ1n) is 7.63. The molecule has 0 aliphatic carbocycles. The van der Waals surface area contributed by atoms with Gasteiger partial charge in [0.25, 0.3) is 5.91 Å². The Kier molecular flexibility index (Phi) is 6.16. The lowest BCUT2D eigenvalue weighted by atomic mass is 10.3. The number of rotatable bonds is 6. The molecule has 1 N–H and O–H groups in total. The first-order chi connectivity index (χ1) is 11.7. The van der Waals surface area contributed by atoms with Gasteiger partial charge in [-0.05, 0) is 24.3 Å². The Bertz CT molecular complexity index is 870. The van der Waals surface area contributed by atoms with Gasteiger partial charge < -0.3 is 9.88 Å². The van der Waals surface area contributed by atoms with E-state index < -0.39 is 15.9 Å². The summed E-state index contributed by atoms with van der Waals surface area (Å²) >= 11 is 11.8. The summed E-state index contributed by atoms with van der Waals surface area (Å²) in [6, 6.07) is 6.02. The van der Waals surface area contributed by atoms with Crippen LogP contribution in [0.4, 0.5) is 5.69 Å². The third-order valence-corrected chi connectivity index (χ3v) is 6.13. The van der Waals surface area contributed by atoms with E-state index in [1.165, 1.54) is 21.1 Å². The van der Waals surface area contributed by atoms with Gasteiger partial charge in [-0.25, -0.2) is 8.42 Å². The van der Waals surface area contributed by atoms with Gasteiger partial charge in [0.15, 0.2) is 0 Å². The van der Waals surface area contributed by atoms with Crippen molar-refractivity contribution in [1.29, 1.82) is 0 Å². The molecule has 136 valence electrons. The number of aryl methyl sites for hydroxylation is 1. The van der Waals surface area contributed by atoms with Crippen molar-refractivity contribution in [3.05, 3.63) is 46.2 Å². The molecule has 1 heterocycles. The number of carbonyl (C=O) groups excluding carboxylic acids is 1. The van der Waals surface area contributed by atoms with Crippen LogP contribution in [0.15, 0.2) is 35.4 Å². The lowest BCUT2D eigenvalue weighted by Gasteiger charge is -2.17. The van der Waals surface area contributed by atoms with Crippen molar-refractivity contribution in [3.8, 4) is 0 Å². The smallest absolute Gasteiger partial charge is 0.272 e. The van der Waals surface area contributed by atoms with Crippen LogP contribution in [0.5, 0.6) is 0 Å². The lowest BCUT2D eigenvalue weighted by Crippen LogP contribution is -2.30. The zero-order valence-corrected chi connectivity index (χ0v) is 16.4. The predicted molar refractivity (Wildman–Crippen MR) is 99.9 cm³/mol. The second kappa shape index (κ2) is 7.78. The van der Waals surface area contributed by atoms with E-state index in [1.807, 2.05) is 0 Å². The fraction of sp³-hybridized carbons (Fsp3) is 0.312. The minimum Gasteiger partial charge on any atom is -0.345 e. The van der Waals surface area contributed by atoms with Gasteiger partial charge in [-0.2, -0.15) is 4.31 Å².